The lowest BCUT2D eigenvalue weighted by Crippen LogP contribution is -2.44. The molecule has 0 spiro atoms. The van der Waals surface area contributed by atoms with Crippen LogP contribution in [0.2, 0.25) is 0 Å². The van der Waals surface area contributed by atoms with Crippen molar-refractivity contribution >= 4 is 33.8 Å². The zero-order valence-electron chi connectivity index (χ0n) is 22.4. The molecule has 3 heterocycles. The van der Waals surface area contributed by atoms with Crippen LogP contribution >= 0.6 is 10.7 Å². The monoisotopic (exact) mass is 531 g/mol. The van der Waals surface area contributed by atoms with Crippen LogP contribution in [0.25, 0.3) is 6.08 Å². The van der Waals surface area contributed by atoms with Gasteiger partial charge < -0.3 is 15.7 Å². The molecule has 0 radical (unpaired) electrons. The summed E-state index contributed by atoms with van der Waals surface area (Å²) in [5.74, 6) is 6.49. The van der Waals surface area contributed by atoms with Gasteiger partial charge in [0.25, 0.3) is 0 Å². The van der Waals surface area contributed by atoms with Gasteiger partial charge in [0.2, 0.25) is 0 Å². The number of hydrogen-bond acceptors (Lipinski definition) is 4. The number of benzene rings is 1. The number of anilines is 1. The summed E-state index contributed by atoms with van der Waals surface area (Å²) < 4.78 is 3.45. The second kappa shape index (κ2) is 13.5. The Bertz CT molecular complexity index is 1220. The fraction of sp³-hybridized carbons (Fsp3) is 0.500. The molecule has 3 aliphatic heterocycles. The third kappa shape index (κ3) is 7.28. The van der Waals surface area contributed by atoms with E-state index in [0.717, 1.165) is 43.5 Å². The molecular formula is C32H41N3O2S. The van der Waals surface area contributed by atoms with Crippen LogP contribution in [0.5, 0.6) is 0 Å². The first kappa shape index (κ1) is 27.0. The summed E-state index contributed by atoms with van der Waals surface area (Å²) in [7, 11) is -0.407. The molecule has 3 atom stereocenters. The average Bonchev–Trinajstić information content (AvgIpc) is 3.34. The van der Waals surface area contributed by atoms with Crippen molar-refractivity contribution in [2.24, 2.45) is 5.92 Å². The summed E-state index contributed by atoms with van der Waals surface area (Å²) in [5.41, 5.74) is 6.59. The molecule has 0 saturated carbocycles. The van der Waals surface area contributed by atoms with E-state index in [1.165, 1.54) is 68.2 Å². The van der Waals surface area contributed by atoms with Crippen LogP contribution in [0.4, 0.5) is 5.69 Å². The molecule has 1 aromatic carbocycles. The van der Waals surface area contributed by atoms with Crippen molar-refractivity contribution in [2.75, 3.05) is 25.0 Å². The Kier molecular flexibility index (Phi) is 9.57. The molecule has 202 valence electrons. The highest BCUT2D eigenvalue weighted by Gasteiger charge is 2.26. The number of carboxylic acids is 1. The number of hydrogen-bond donors (Lipinski definition) is 4. The van der Waals surface area contributed by atoms with Gasteiger partial charge in [-0.25, -0.2) is 4.79 Å². The SMILES string of the molecule is O=C(O)C1=CC2=CS(=C1)NCC#CC1=Cc3cccc(c3C1)NC1CCNCC1CCCCCCCCC2. The molecule has 0 amide bonds. The minimum absolute atomic E-state index is 0.390. The number of fused-ring (bicyclic) bond motifs is 3. The Labute approximate surface area is 230 Å². The Morgan fingerprint density at radius 3 is 2.74 bits per heavy atom. The predicted octanol–water partition coefficient (Wildman–Crippen LogP) is 6.03. The Balaban J connectivity index is 1.31. The summed E-state index contributed by atoms with van der Waals surface area (Å²) in [5, 5.41) is 21.2. The van der Waals surface area contributed by atoms with Gasteiger partial charge in [-0.15, -0.1) is 0 Å². The molecule has 3 unspecified atom stereocenters. The van der Waals surface area contributed by atoms with Crippen LogP contribution < -0.4 is 15.4 Å². The molecule has 4 bridgehead atoms. The lowest BCUT2D eigenvalue weighted by atomic mass is 9.88. The van der Waals surface area contributed by atoms with E-state index in [1.54, 1.807) is 0 Å². The van der Waals surface area contributed by atoms with Crippen LogP contribution in [0.15, 0.2) is 46.4 Å². The number of allylic oxidation sites excluding steroid dienone is 3. The molecule has 1 fully saturated rings. The van der Waals surface area contributed by atoms with E-state index in [4.69, 9.17) is 0 Å². The van der Waals surface area contributed by atoms with Gasteiger partial charge in [0.15, 0.2) is 0 Å². The van der Waals surface area contributed by atoms with Gasteiger partial charge in [0, 0.05) is 23.7 Å². The van der Waals surface area contributed by atoms with Crippen LogP contribution in [0.3, 0.4) is 0 Å². The predicted molar refractivity (Wildman–Crippen MR) is 161 cm³/mol. The van der Waals surface area contributed by atoms with E-state index < -0.39 is 16.6 Å². The quantitative estimate of drug-likeness (QED) is 0.263. The van der Waals surface area contributed by atoms with Gasteiger partial charge in [0.1, 0.15) is 0 Å². The first-order chi connectivity index (χ1) is 18.7. The Morgan fingerprint density at radius 1 is 1.03 bits per heavy atom. The lowest BCUT2D eigenvalue weighted by Gasteiger charge is -2.34. The summed E-state index contributed by atoms with van der Waals surface area (Å²) >= 11 is 0. The van der Waals surface area contributed by atoms with E-state index in [-0.39, 0.29) is 0 Å². The molecule has 4 aliphatic rings. The number of rotatable bonds is 1. The summed E-state index contributed by atoms with van der Waals surface area (Å²) in [6.45, 7) is 2.73. The highest BCUT2D eigenvalue weighted by Crippen LogP contribution is 2.33. The standard InChI is InChI=1S/C32H41N3O2S/c36-32(37)28-19-25-10-6-4-2-1-3-5-7-12-27-21-33-17-15-30(27)35-31-14-8-13-26-18-24(20-29(26)31)11-9-16-34-38(22-25)23-28/h8,13-14,18-19,22-23,27,30,33-35H,1-7,10,12,15-17,20-21H2,(H,36,37). The molecule has 38 heavy (non-hydrogen) atoms. The second-order valence-corrected chi connectivity index (χ2v) is 12.5. The van der Waals surface area contributed by atoms with Gasteiger partial charge in [-0.05, 0) is 90.4 Å². The van der Waals surface area contributed by atoms with Gasteiger partial charge in [-0.3, -0.25) is 4.72 Å². The van der Waals surface area contributed by atoms with Gasteiger partial charge >= 0.3 is 5.97 Å². The van der Waals surface area contributed by atoms with Gasteiger partial charge in [0.05, 0.1) is 12.1 Å². The summed E-state index contributed by atoms with van der Waals surface area (Å²) in [4.78, 5) is 11.7. The molecule has 6 heteroatoms. The van der Waals surface area contributed by atoms with Gasteiger partial charge in [-0.1, -0.05) is 73.2 Å². The van der Waals surface area contributed by atoms with E-state index in [0.29, 0.717) is 24.1 Å². The zero-order chi connectivity index (χ0) is 26.2. The van der Waals surface area contributed by atoms with E-state index >= 15 is 0 Å². The van der Waals surface area contributed by atoms with Crippen LogP contribution in [-0.2, 0) is 11.2 Å². The maximum Gasteiger partial charge on any atom is 0.336 e. The van der Waals surface area contributed by atoms with Crippen molar-refractivity contribution in [3.8, 4) is 11.8 Å². The van der Waals surface area contributed by atoms with Crippen molar-refractivity contribution < 1.29 is 9.90 Å². The van der Waals surface area contributed by atoms with E-state index in [9.17, 15) is 9.90 Å². The molecule has 4 N–H and O–H groups in total. The lowest BCUT2D eigenvalue weighted by molar-refractivity contribution is -0.132. The third-order valence-electron chi connectivity index (χ3n) is 8.09. The van der Waals surface area contributed by atoms with Crippen LogP contribution in [0.1, 0.15) is 75.3 Å². The first-order valence-corrected chi connectivity index (χ1v) is 15.8. The maximum atomic E-state index is 11.7. The number of carboxylic acid groups (broad SMARTS) is 1. The molecular weight excluding hydrogens is 490 g/mol. The normalized spacial score (nSPS) is 26.6. The minimum Gasteiger partial charge on any atom is -0.478 e. The van der Waals surface area contributed by atoms with Crippen molar-refractivity contribution in [3.05, 3.63) is 57.5 Å². The topological polar surface area (TPSA) is 73.4 Å². The molecule has 1 aliphatic carbocycles. The number of nitrogens with one attached hydrogen (secondary N) is 3. The second-order valence-electron chi connectivity index (χ2n) is 10.9. The highest BCUT2D eigenvalue weighted by molar-refractivity contribution is 8.16. The largest absolute Gasteiger partial charge is 0.478 e. The smallest absolute Gasteiger partial charge is 0.336 e. The van der Waals surface area contributed by atoms with Crippen molar-refractivity contribution in [1.82, 2.24) is 10.0 Å². The van der Waals surface area contributed by atoms with Crippen molar-refractivity contribution in [1.29, 1.82) is 0 Å². The first-order valence-electron chi connectivity index (χ1n) is 14.4. The average molecular weight is 532 g/mol. The van der Waals surface area contributed by atoms with Crippen LogP contribution in [-0.4, -0.2) is 42.1 Å². The van der Waals surface area contributed by atoms with Crippen LogP contribution in [0, 0.1) is 17.8 Å². The Morgan fingerprint density at radius 2 is 1.87 bits per heavy atom. The number of aliphatic carboxylic acids is 1. The Hall–Kier alpha value is -2.59. The number of piperidine rings is 1. The van der Waals surface area contributed by atoms with E-state index in [2.05, 4.69) is 56.9 Å². The molecule has 1 aromatic rings. The third-order valence-corrected chi connectivity index (χ3v) is 9.64. The van der Waals surface area contributed by atoms with Gasteiger partial charge in [-0.2, -0.15) is 0 Å². The molecule has 5 rings (SSSR count). The molecule has 5 nitrogen and oxygen atoms in total. The zero-order valence-corrected chi connectivity index (χ0v) is 23.2. The fourth-order valence-corrected chi connectivity index (χ4v) is 7.45. The minimum atomic E-state index is -0.854. The van der Waals surface area contributed by atoms with E-state index in [1.807, 2.05) is 11.4 Å². The summed E-state index contributed by atoms with van der Waals surface area (Å²) in [6, 6.07) is 7.12. The maximum absolute atomic E-state index is 11.7. The molecule has 1 saturated heterocycles. The number of carbonyl (C=O) groups is 1. The van der Waals surface area contributed by atoms with Crippen molar-refractivity contribution in [3.63, 3.8) is 0 Å². The van der Waals surface area contributed by atoms with Crippen molar-refractivity contribution in [2.45, 2.75) is 76.7 Å². The molecule has 0 aromatic heterocycles. The fourth-order valence-electron chi connectivity index (χ4n) is 6.02. The highest BCUT2D eigenvalue weighted by atomic mass is 32.2. The summed E-state index contributed by atoms with van der Waals surface area (Å²) in [6.07, 6.45) is 17.2.